The molecule has 2 amide bonds. The number of hydrogen-bond donors (Lipinski definition) is 2. The Morgan fingerprint density at radius 1 is 0.931 bits per heavy atom. The van der Waals surface area contributed by atoms with Crippen LogP contribution in [0, 0.1) is 0 Å². The van der Waals surface area contributed by atoms with E-state index in [0.717, 1.165) is 31.4 Å². The first-order valence-corrected chi connectivity index (χ1v) is 10.0. The number of para-hydroxylation sites is 1. The molecule has 6 nitrogen and oxygen atoms in total. The first-order chi connectivity index (χ1) is 14.2. The number of benzene rings is 2. The van der Waals surface area contributed by atoms with Crippen LogP contribution in [0.1, 0.15) is 45.2 Å². The van der Waals surface area contributed by atoms with Gasteiger partial charge in [0.05, 0.1) is 5.69 Å². The number of amides is 2. The van der Waals surface area contributed by atoms with Crippen molar-refractivity contribution in [3.8, 4) is 0 Å². The Hall–Kier alpha value is -3.41. The van der Waals surface area contributed by atoms with E-state index < -0.39 is 0 Å². The second kappa shape index (κ2) is 8.73. The van der Waals surface area contributed by atoms with Crippen molar-refractivity contribution < 1.29 is 9.59 Å². The van der Waals surface area contributed by atoms with E-state index in [0.29, 0.717) is 30.3 Å². The van der Waals surface area contributed by atoms with Crippen LogP contribution in [0.5, 0.6) is 0 Å². The molecule has 1 aromatic heterocycles. The van der Waals surface area contributed by atoms with Crippen LogP contribution in [-0.2, 0) is 19.4 Å². The topological polar surface area (TPSA) is 76.0 Å². The van der Waals surface area contributed by atoms with Gasteiger partial charge in [0.2, 0.25) is 0 Å². The lowest BCUT2D eigenvalue weighted by Crippen LogP contribution is -2.29. The van der Waals surface area contributed by atoms with Gasteiger partial charge in [-0.05, 0) is 43.4 Å². The van der Waals surface area contributed by atoms with Crippen molar-refractivity contribution in [2.24, 2.45) is 0 Å². The van der Waals surface area contributed by atoms with Crippen molar-refractivity contribution >= 4 is 17.5 Å². The predicted molar refractivity (Wildman–Crippen MR) is 112 cm³/mol. The first-order valence-electron chi connectivity index (χ1n) is 10.0. The molecule has 0 atom stereocenters. The van der Waals surface area contributed by atoms with Gasteiger partial charge in [0.25, 0.3) is 11.8 Å². The minimum absolute atomic E-state index is 0.233. The summed E-state index contributed by atoms with van der Waals surface area (Å²) in [6.45, 7) is 1.24. The van der Waals surface area contributed by atoms with E-state index in [1.807, 2.05) is 65.2 Å². The van der Waals surface area contributed by atoms with Gasteiger partial charge in [0.1, 0.15) is 0 Å². The molecule has 0 unspecified atom stereocenters. The quantitative estimate of drug-likeness (QED) is 0.679. The summed E-state index contributed by atoms with van der Waals surface area (Å²) in [5, 5.41) is 5.82. The molecule has 0 aliphatic carbocycles. The van der Waals surface area contributed by atoms with Crippen molar-refractivity contribution in [3.05, 3.63) is 83.4 Å². The largest absolute Gasteiger partial charge is 0.349 e. The van der Waals surface area contributed by atoms with E-state index in [1.165, 1.54) is 5.56 Å². The highest BCUT2D eigenvalue weighted by atomic mass is 16.2. The maximum atomic E-state index is 12.8. The molecule has 1 aliphatic rings. The van der Waals surface area contributed by atoms with E-state index in [2.05, 4.69) is 15.6 Å². The number of fused-ring (bicyclic) bond motifs is 1. The van der Waals surface area contributed by atoms with Crippen molar-refractivity contribution in [1.82, 2.24) is 14.9 Å². The van der Waals surface area contributed by atoms with Gasteiger partial charge in [0.15, 0.2) is 11.5 Å². The SMILES string of the molecule is O=C(Nc1ccccc1)c1nc(C(=O)NCCc2ccccc2)n2c1CCCC2. The van der Waals surface area contributed by atoms with Crippen LogP contribution >= 0.6 is 0 Å². The lowest BCUT2D eigenvalue weighted by molar-refractivity contribution is 0.0938. The van der Waals surface area contributed by atoms with Gasteiger partial charge >= 0.3 is 0 Å². The Bertz CT molecular complexity index is 996. The molecule has 0 spiro atoms. The van der Waals surface area contributed by atoms with Crippen LogP contribution in [0.2, 0.25) is 0 Å². The summed E-state index contributed by atoms with van der Waals surface area (Å²) in [6, 6.07) is 19.3. The molecule has 2 aromatic carbocycles. The smallest absolute Gasteiger partial charge is 0.287 e. The standard InChI is InChI=1S/C23H24N4O2/c28-22(25-18-11-5-2-6-12-18)20-19-13-7-8-16-27(19)21(26-20)23(29)24-15-14-17-9-3-1-4-10-17/h1-6,9-12H,7-8,13-16H2,(H,24,29)(H,25,28). The van der Waals surface area contributed by atoms with Gasteiger partial charge in [-0.25, -0.2) is 4.98 Å². The number of rotatable bonds is 6. The van der Waals surface area contributed by atoms with E-state index in [1.54, 1.807) is 0 Å². The molecule has 0 saturated carbocycles. The van der Waals surface area contributed by atoms with Crippen molar-refractivity contribution in [2.75, 3.05) is 11.9 Å². The number of carbonyl (C=O) groups is 2. The average Bonchev–Trinajstić information content (AvgIpc) is 3.15. The van der Waals surface area contributed by atoms with Crippen LogP contribution in [0.15, 0.2) is 60.7 Å². The monoisotopic (exact) mass is 388 g/mol. The summed E-state index contributed by atoms with van der Waals surface area (Å²) in [7, 11) is 0. The number of imidazole rings is 1. The average molecular weight is 388 g/mol. The highest BCUT2D eigenvalue weighted by molar-refractivity contribution is 6.05. The number of nitrogens with zero attached hydrogens (tertiary/aromatic N) is 2. The molecule has 6 heteroatoms. The number of nitrogens with one attached hydrogen (secondary N) is 2. The Balaban J connectivity index is 1.49. The van der Waals surface area contributed by atoms with Crippen LogP contribution in [0.4, 0.5) is 5.69 Å². The minimum atomic E-state index is -0.273. The van der Waals surface area contributed by atoms with Crippen LogP contribution in [-0.4, -0.2) is 27.9 Å². The highest BCUT2D eigenvalue weighted by Crippen LogP contribution is 2.22. The van der Waals surface area contributed by atoms with Crippen molar-refractivity contribution in [3.63, 3.8) is 0 Å². The molecular weight excluding hydrogens is 364 g/mol. The van der Waals surface area contributed by atoms with Gasteiger partial charge in [-0.3, -0.25) is 9.59 Å². The maximum Gasteiger partial charge on any atom is 0.287 e. The Kier molecular flexibility index (Phi) is 5.70. The lowest BCUT2D eigenvalue weighted by Gasteiger charge is -2.17. The number of anilines is 1. The molecule has 0 fully saturated rings. The fourth-order valence-electron chi connectivity index (χ4n) is 3.65. The lowest BCUT2D eigenvalue weighted by atomic mass is 10.1. The molecule has 2 heterocycles. The second-order valence-corrected chi connectivity index (χ2v) is 7.15. The van der Waals surface area contributed by atoms with Gasteiger partial charge in [-0.2, -0.15) is 0 Å². The summed E-state index contributed by atoms with van der Waals surface area (Å²) >= 11 is 0. The molecule has 0 saturated heterocycles. The zero-order chi connectivity index (χ0) is 20.1. The number of carbonyl (C=O) groups excluding carboxylic acids is 2. The molecule has 1 aliphatic heterocycles. The molecule has 0 bridgehead atoms. The summed E-state index contributed by atoms with van der Waals surface area (Å²) in [4.78, 5) is 30.0. The first kappa shape index (κ1) is 18.9. The summed E-state index contributed by atoms with van der Waals surface area (Å²) in [5.41, 5.74) is 3.07. The Labute approximate surface area is 170 Å². The zero-order valence-electron chi connectivity index (χ0n) is 16.2. The number of aromatic nitrogens is 2. The van der Waals surface area contributed by atoms with Crippen molar-refractivity contribution in [1.29, 1.82) is 0 Å². The van der Waals surface area contributed by atoms with Gasteiger partial charge in [-0.1, -0.05) is 48.5 Å². The molecule has 29 heavy (non-hydrogen) atoms. The Morgan fingerprint density at radius 2 is 1.66 bits per heavy atom. The number of hydrogen-bond acceptors (Lipinski definition) is 3. The molecule has 3 aromatic rings. The van der Waals surface area contributed by atoms with E-state index in [-0.39, 0.29) is 11.8 Å². The molecular formula is C23H24N4O2. The predicted octanol–water partition coefficient (Wildman–Crippen LogP) is 3.44. The normalized spacial score (nSPS) is 12.8. The van der Waals surface area contributed by atoms with E-state index in [4.69, 9.17) is 0 Å². The third-order valence-corrected chi connectivity index (χ3v) is 5.11. The molecule has 148 valence electrons. The van der Waals surface area contributed by atoms with Crippen molar-refractivity contribution in [2.45, 2.75) is 32.2 Å². The summed E-state index contributed by atoms with van der Waals surface area (Å²) in [5.74, 6) is -0.181. The zero-order valence-corrected chi connectivity index (χ0v) is 16.2. The van der Waals surface area contributed by atoms with Gasteiger partial charge in [0, 0.05) is 18.8 Å². The van der Waals surface area contributed by atoms with E-state index >= 15 is 0 Å². The third kappa shape index (κ3) is 4.37. The minimum Gasteiger partial charge on any atom is -0.349 e. The summed E-state index contributed by atoms with van der Waals surface area (Å²) < 4.78 is 1.90. The van der Waals surface area contributed by atoms with Gasteiger partial charge < -0.3 is 15.2 Å². The fraction of sp³-hybridized carbons (Fsp3) is 0.261. The fourth-order valence-corrected chi connectivity index (χ4v) is 3.65. The van der Waals surface area contributed by atoms with Gasteiger partial charge in [-0.15, -0.1) is 0 Å². The third-order valence-electron chi connectivity index (χ3n) is 5.11. The maximum absolute atomic E-state index is 12.8. The second-order valence-electron chi connectivity index (χ2n) is 7.15. The van der Waals surface area contributed by atoms with Crippen LogP contribution < -0.4 is 10.6 Å². The van der Waals surface area contributed by atoms with Crippen LogP contribution in [0.25, 0.3) is 0 Å². The molecule has 4 rings (SSSR count). The summed E-state index contributed by atoms with van der Waals surface area (Å²) in [6.07, 6.45) is 3.48. The Morgan fingerprint density at radius 3 is 2.41 bits per heavy atom. The molecule has 0 radical (unpaired) electrons. The van der Waals surface area contributed by atoms with E-state index in [9.17, 15) is 9.59 Å². The van der Waals surface area contributed by atoms with Crippen LogP contribution in [0.3, 0.4) is 0 Å². The molecule has 2 N–H and O–H groups in total. The highest BCUT2D eigenvalue weighted by Gasteiger charge is 2.27.